The number of thiophene rings is 1. The molecule has 0 saturated carbocycles. The normalized spacial score (nSPS) is 10.8. The van der Waals surface area contributed by atoms with Crippen molar-refractivity contribution in [3.05, 3.63) is 52.5 Å². The van der Waals surface area contributed by atoms with Gasteiger partial charge in [0.05, 0.1) is 19.2 Å². The average molecular weight is 412 g/mol. The quantitative estimate of drug-likeness (QED) is 0.504. The number of carbonyl (C=O) groups excluding carboxylic acids is 1. The van der Waals surface area contributed by atoms with Gasteiger partial charge in [0.1, 0.15) is 11.5 Å². The molecule has 0 aliphatic carbocycles. The van der Waals surface area contributed by atoms with Crippen molar-refractivity contribution in [3.8, 4) is 28.6 Å². The van der Waals surface area contributed by atoms with E-state index in [4.69, 9.17) is 9.15 Å². The van der Waals surface area contributed by atoms with Gasteiger partial charge >= 0.3 is 0 Å². The van der Waals surface area contributed by atoms with Gasteiger partial charge in [-0.1, -0.05) is 12.1 Å². The minimum atomic E-state index is -0.221. The monoisotopic (exact) mass is 412 g/mol. The third-order valence-electron chi connectivity index (χ3n) is 3.99. The van der Waals surface area contributed by atoms with E-state index in [9.17, 15) is 4.79 Å². The van der Waals surface area contributed by atoms with Crippen molar-refractivity contribution in [2.24, 2.45) is 0 Å². The molecule has 3 heterocycles. The van der Waals surface area contributed by atoms with Crippen molar-refractivity contribution in [3.63, 3.8) is 0 Å². The smallest absolute Gasteiger partial charge is 0.232 e. The van der Waals surface area contributed by atoms with Gasteiger partial charge in [-0.3, -0.25) is 4.79 Å². The number of amides is 1. The summed E-state index contributed by atoms with van der Waals surface area (Å²) in [5, 5.41) is 7.12. The maximum Gasteiger partial charge on any atom is 0.232 e. The Morgan fingerprint density at radius 3 is 2.93 bits per heavy atom. The molecular weight excluding hydrogens is 396 g/mol. The Hall–Kier alpha value is -3.04. The fourth-order valence-corrected chi connectivity index (χ4v) is 3.81. The molecule has 28 heavy (non-hydrogen) atoms. The van der Waals surface area contributed by atoms with Crippen LogP contribution in [0.25, 0.3) is 22.8 Å². The first-order valence-electron chi connectivity index (χ1n) is 8.39. The molecule has 7 nitrogen and oxygen atoms in total. The molecule has 1 aromatic carbocycles. The van der Waals surface area contributed by atoms with E-state index in [1.54, 1.807) is 25.4 Å². The zero-order valence-electron chi connectivity index (χ0n) is 15.1. The van der Waals surface area contributed by atoms with Crippen LogP contribution in [-0.4, -0.2) is 27.4 Å². The van der Waals surface area contributed by atoms with Gasteiger partial charge in [-0.2, -0.15) is 20.7 Å². The molecule has 4 rings (SSSR count). The summed E-state index contributed by atoms with van der Waals surface area (Å²) >= 11 is 2.69. The van der Waals surface area contributed by atoms with Gasteiger partial charge in [0.2, 0.25) is 16.9 Å². The lowest BCUT2D eigenvalue weighted by molar-refractivity contribution is -0.115. The van der Waals surface area contributed by atoms with Gasteiger partial charge in [0.15, 0.2) is 5.82 Å². The third-order valence-corrected chi connectivity index (χ3v) is 5.30. The van der Waals surface area contributed by atoms with Gasteiger partial charge in [-0.25, -0.2) is 4.98 Å². The molecular formula is C19H16N4O3S2. The number of methoxy groups -OCH3 is 1. The largest absolute Gasteiger partial charge is 0.497 e. The first-order chi connectivity index (χ1) is 13.6. The molecule has 0 aliphatic rings. The van der Waals surface area contributed by atoms with Crippen LogP contribution in [0.1, 0.15) is 11.5 Å². The molecule has 1 amide bonds. The number of oxazole rings is 1. The van der Waals surface area contributed by atoms with Crippen molar-refractivity contribution in [2.75, 3.05) is 12.4 Å². The SMILES string of the molecule is COc1cccc(-c2nsc(NC(=O)Cc3nc(-c4ccsc4)oc3C)n2)c1. The number of nitrogens with zero attached hydrogens (tertiary/aromatic N) is 3. The second-order valence-electron chi connectivity index (χ2n) is 5.91. The van der Waals surface area contributed by atoms with Gasteiger partial charge in [-0.05, 0) is 30.5 Å². The molecule has 0 atom stereocenters. The van der Waals surface area contributed by atoms with Crippen LogP contribution in [0.3, 0.4) is 0 Å². The summed E-state index contributed by atoms with van der Waals surface area (Å²) in [6.07, 6.45) is 0.105. The molecule has 0 radical (unpaired) electrons. The highest BCUT2D eigenvalue weighted by Gasteiger charge is 2.16. The molecule has 0 fully saturated rings. The topological polar surface area (TPSA) is 90.1 Å². The predicted octanol–water partition coefficient (Wildman–Crippen LogP) is 4.42. The lowest BCUT2D eigenvalue weighted by Crippen LogP contribution is -2.15. The number of aromatic nitrogens is 3. The first kappa shape index (κ1) is 18.3. The Labute approximate surface area is 169 Å². The van der Waals surface area contributed by atoms with E-state index in [-0.39, 0.29) is 12.3 Å². The molecule has 1 N–H and O–H groups in total. The summed E-state index contributed by atoms with van der Waals surface area (Å²) in [7, 11) is 1.61. The highest BCUT2D eigenvalue weighted by atomic mass is 32.1. The van der Waals surface area contributed by atoms with Crippen LogP contribution in [-0.2, 0) is 11.2 Å². The van der Waals surface area contributed by atoms with Crippen LogP contribution in [0.15, 0.2) is 45.5 Å². The van der Waals surface area contributed by atoms with E-state index < -0.39 is 0 Å². The second kappa shape index (κ2) is 7.91. The summed E-state index contributed by atoms with van der Waals surface area (Å²) in [6.45, 7) is 1.80. The van der Waals surface area contributed by atoms with Crippen molar-refractivity contribution in [1.29, 1.82) is 0 Å². The number of hydrogen-bond acceptors (Lipinski definition) is 8. The van der Waals surface area contributed by atoms with Crippen molar-refractivity contribution >= 4 is 33.9 Å². The van der Waals surface area contributed by atoms with Crippen LogP contribution in [0.2, 0.25) is 0 Å². The lowest BCUT2D eigenvalue weighted by atomic mass is 10.2. The van der Waals surface area contributed by atoms with Crippen molar-refractivity contribution in [1.82, 2.24) is 14.3 Å². The highest BCUT2D eigenvalue weighted by Crippen LogP contribution is 2.26. The maximum atomic E-state index is 12.4. The average Bonchev–Trinajstić information content (AvgIpc) is 3.44. The molecule has 0 aliphatic heterocycles. The van der Waals surface area contributed by atoms with Crippen LogP contribution in [0, 0.1) is 6.92 Å². The predicted molar refractivity (Wildman–Crippen MR) is 109 cm³/mol. The van der Waals surface area contributed by atoms with Gasteiger partial charge < -0.3 is 14.5 Å². The summed E-state index contributed by atoms with van der Waals surface area (Å²) in [5.41, 5.74) is 2.34. The van der Waals surface area contributed by atoms with Gasteiger partial charge in [0, 0.05) is 28.0 Å². The Morgan fingerprint density at radius 2 is 2.14 bits per heavy atom. The zero-order valence-corrected chi connectivity index (χ0v) is 16.8. The molecule has 0 bridgehead atoms. The summed E-state index contributed by atoms with van der Waals surface area (Å²) in [5.74, 6) is 2.20. The van der Waals surface area contributed by atoms with Gasteiger partial charge in [-0.15, -0.1) is 0 Å². The van der Waals surface area contributed by atoms with E-state index in [1.165, 1.54) is 0 Å². The van der Waals surface area contributed by atoms with E-state index in [2.05, 4.69) is 19.7 Å². The number of ether oxygens (including phenoxy) is 1. The fraction of sp³-hybridized carbons (Fsp3) is 0.158. The van der Waals surface area contributed by atoms with Crippen LogP contribution >= 0.6 is 22.9 Å². The summed E-state index contributed by atoms with van der Waals surface area (Å²) < 4.78 is 15.2. The standard InChI is InChI=1S/C19H16N4O3S2/c1-11-15(20-18(26-11)13-6-7-27-10-13)9-16(24)21-19-22-17(23-28-19)12-4-3-5-14(8-12)25-2/h3-8,10H,9H2,1-2H3,(H,21,22,23,24). The third kappa shape index (κ3) is 3.95. The van der Waals surface area contributed by atoms with E-state index in [1.807, 2.05) is 41.1 Å². The number of aryl methyl sites for hydroxylation is 1. The highest BCUT2D eigenvalue weighted by molar-refractivity contribution is 7.10. The minimum Gasteiger partial charge on any atom is -0.497 e. The Kier molecular flexibility index (Phi) is 5.18. The number of carbonyl (C=O) groups is 1. The molecule has 0 unspecified atom stereocenters. The number of rotatable bonds is 6. The number of nitrogens with one attached hydrogen (secondary N) is 1. The van der Waals surface area contributed by atoms with Crippen LogP contribution in [0.5, 0.6) is 5.75 Å². The Morgan fingerprint density at radius 1 is 1.25 bits per heavy atom. The number of benzene rings is 1. The van der Waals surface area contributed by atoms with E-state index in [0.717, 1.165) is 28.4 Å². The Bertz CT molecular complexity index is 1100. The van der Waals surface area contributed by atoms with E-state index in [0.29, 0.717) is 28.3 Å². The maximum absolute atomic E-state index is 12.4. The number of hydrogen-bond donors (Lipinski definition) is 1. The zero-order chi connectivity index (χ0) is 19.5. The first-order valence-corrected chi connectivity index (χ1v) is 10.1. The molecule has 9 heteroatoms. The molecule has 0 saturated heterocycles. The van der Waals surface area contributed by atoms with E-state index >= 15 is 0 Å². The lowest BCUT2D eigenvalue weighted by Gasteiger charge is -2.01. The van der Waals surface area contributed by atoms with Crippen LogP contribution < -0.4 is 10.1 Å². The minimum absolute atomic E-state index is 0.105. The van der Waals surface area contributed by atoms with Crippen molar-refractivity contribution in [2.45, 2.75) is 13.3 Å². The van der Waals surface area contributed by atoms with Crippen LogP contribution in [0.4, 0.5) is 5.13 Å². The second-order valence-corrected chi connectivity index (χ2v) is 7.45. The molecule has 3 aromatic heterocycles. The Balaban J connectivity index is 1.44. The molecule has 4 aromatic rings. The molecule has 0 spiro atoms. The van der Waals surface area contributed by atoms with Crippen molar-refractivity contribution < 1.29 is 13.9 Å². The number of anilines is 1. The molecule has 142 valence electrons. The fourth-order valence-electron chi connectivity index (χ4n) is 2.57. The van der Waals surface area contributed by atoms with Gasteiger partial charge in [0.25, 0.3) is 0 Å². The summed E-state index contributed by atoms with van der Waals surface area (Å²) in [4.78, 5) is 21.2. The summed E-state index contributed by atoms with van der Waals surface area (Å²) in [6, 6.07) is 9.38.